The van der Waals surface area contributed by atoms with E-state index in [1.54, 1.807) is 31.1 Å². The van der Waals surface area contributed by atoms with E-state index in [-0.39, 0.29) is 17.8 Å². The molecule has 2 heterocycles. The predicted molar refractivity (Wildman–Crippen MR) is 140 cm³/mol. The van der Waals surface area contributed by atoms with Gasteiger partial charge in [-0.3, -0.25) is 0 Å². The van der Waals surface area contributed by atoms with Crippen LogP contribution in [-0.4, -0.2) is 49.7 Å². The van der Waals surface area contributed by atoms with E-state index in [0.29, 0.717) is 12.3 Å². The van der Waals surface area contributed by atoms with Crippen LogP contribution in [0.1, 0.15) is 85.3 Å². The first-order valence-corrected chi connectivity index (χ1v) is 13.9. The van der Waals surface area contributed by atoms with Gasteiger partial charge in [0.1, 0.15) is 24.3 Å². The number of aromatic nitrogens is 3. The summed E-state index contributed by atoms with van der Waals surface area (Å²) in [7, 11) is 2.25. The van der Waals surface area contributed by atoms with Crippen molar-refractivity contribution in [2.75, 3.05) is 31.3 Å². The maximum Gasteiger partial charge on any atom is 0.147 e. The summed E-state index contributed by atoms with van der Waals surface area (Å²) >= 11 is 0. The zero-order chi connectivity index (χ0) is 26.1. The fourth-order valence-electron chi connectivity index (χ4n) is 3.07. The molecule has 0 spiro atoms. The van der Waals surface area contributed by atoms with E-state index in [1.165, 1.54) is 29.9 Å². The minimum absolute atomic E-state index is 0.197. The Labute approximate surface area is 208 Å². The third-order valence-corrected chi connectivity index (χ3v) is 6.39. The molecule has 1 aliphatic heterocycles. The molecule has 6 nitrogen and oxygen atoms in total. The van der Waals surface area contributed by atoms with Gasteiger partial charge in [0.05, 0.1) is 16.7 Å². The van der Waals surface area contributed by atoms with Crippen LogP contribution in [0.4, 0.5) is 14.5 Å². The van der Waals surface area contributed by atoms with Crippen LogP contribution >= 0.6 is 0 Å². The van der Waals surface area contributed by atoms with Gasteiger partial charge in [0.2, 0.25) is 0 Å². The second-order valence-corrected chi connectivity index (χ2v) is 8.95. The Morgan fingerprint density at radius 3 is 2.06 bits per heavy atom. The molecule has 4 rings (SSSR count). The molecule has 1 saturated carbocycles. The molecule has 1 saturated heterocycles. The molecule has 2 aromatic rings. The fraction of sp³-hybridized carbons (Fsp3) is 0.680. The topological polar surface area (TPSA) is 54.3 Å². The second kappa shape index (κ2) is 18.5. The molecule has 0 radical (unpaired) electrons. The standard InChI is InChI=1S/C14H20F2N2OS.C5H7N3.3C2H6/c1-17(2)14-9-12(15)11(8-13(14)16)10-18-6-4-3-5-7-20(18)19;1-2-5(1)8-3-6-7-4-8;3*1-2/h8-9H,3-7,10H2,1-2H3;3-5H,1-2H2;3*1-2H3. The van der Waals surface area contributed by atoms with E-state index < -0.39 is 22.6 Å². The molecular formula is C25H45F2N5OS. The lowest BCUT2D eigenvalue weighted by Gasteiger charge is -2.20. The molecule has 1 aromatic carbocycles. The highest BCUT2D eigenvalue weighted by Crippen LogP contribution is 2.33. The molecule has 0 N–H and O–H groups in total. The minimum Gasteiger partial charge on any atom is -0.375 e. The zero-order valence-corrected chi connectivity index (χ0v) is 23.2. The van der Waals surface area contributed by atoms with Crippen molar-refractivity contribution in [3.05, 3.63) is 42.0 Å². The van der Waals surface area contributed by atoms with Gasteiger partial charge in [-0.05, 0) is 31.7 Å². The van der Waals surface area contributed by atoms with Gasteiger partial charge < -0.3 is 9.47 Å². The highest BCUT2D eigenvalue weighted by Gasteiger charge is 2.22. The van der Waals surface area contributed by atoms with Crippen molar-refractivity contribution in [1.29, 1.82) is 0 Å². The Kier molecular flexibility index (Phi) is 17.4. The van der Waals surface area contributed by atoms with Crippen molar-refractivity contribution in [3.8, 4) is 0 Å². The van der Waals surface area contributed by atoms with Gasteiger partial charge in [-0.15, -0.1) is 10.2 Å². The predicted octanol–water partition coefficient (Wildman–Crippen LogP) is 6.37. The first kappa shape index (κ1) is 32.1. The summed E-state index contributed by atoms with van der Waals surface area (Å²) in [6, 6.07) is 3.14. The maximum absolute atomic E-state index is 14.1. The third kappa shape index (κ3) is 11.0. The van der Waals surface area contributed by atoms with Crippen molar-refractivity contribution < 1.29 is 13.0 Å². The number of hydrogen-bond acceptors (Lipinski definition) is 4. The molecule has 2 fully saturated rings. The van der Waals surface area contributed by atoms with Gasteiger partial charge in [0.15, 0.2) is 0 Å². The molecular weight excluding hydrogens is 456 g/mol. The van der Waals surface area contributed by atoms with Crippen LogP contribution in [0.3, 0.4) is 0 Å². The number of rotatable bonds is 4. The second-order valence-electron chi connectivity index (χ2n) is 7.38. The summed E-state index contributed by atoms with van der Waals surface area (Å²) in [4.78, 5) is 1.53. The number of halogens is 2. The highest BCUT2D eigenvalue weighted by molar-refractivity contribution is 7.82. The van der Waals surface area contributed by atoms with E-state index in [1.807, 2.05) is 41.5 Å². The lowest BCUT2D eigenvalue weighted by atomic mass is 10.1. The van der Waals surface area contributed by atoms with Crippen LogP contribution in [0.25, 0.3) is 0 Å². The molecule has 1 atom stereocenters. The normalized spacial score (nSPS) is 17.2. The largest absolute Gasteiger partial charge is 0.375 e. The van der Waals surface area contributed by atoms with E-state index in [4.69, 9.17) is 0 Å². The molecule has 9 heteroatoms. The molecule has 0 bridgehead atoms. The summed E-state index contributed by atoms with van der Waals surface area (Å²) < 4.78 is 43.8. The minimum atomic E-state index is -1.09. The number of anilines is 1. The van der Waals surface area contributed by atoms with Crippen LogP contribution in [0.15, 0.2) is 24.8 Å². The van der Waals surface area contributed by atoms with Crippen LogP contribution in [0.2, 0.25) is 0 Å². The van der Waals surface area contributed by atoms with Crippen LogP contribution in [-0.2, 0) is 17.5 Å². The Hall–Kier alpha value is -1.87. The maximum atomic E-state index is 14.1. The Morgan fingerprint density at radius 2 is 1.53 bits per heavy atom. The fourth-order valence-corrected chi connectivity index (χ4v) is 4.40. The van der Waals surface area contributed by atoms with Crippen molar-refractivity contribution in [3.63, 3.8) is 0 Å². The first-order valence-electron chi connectivity index (χ1n) is 12.6. The average Bonchev–Trinajstić information content (AvgIpc) is 3.61. The van der Waals surface area contributed by atoms with Gasteiger partial charge in [-0.1, -0.05) is 48.0 Å². The van der Waals surface area contributed by atoms with E-state index in [9.17, 15) is 13.0 Å². The Balaban J connectivity index is 0.000000640. The lowest BCUT2D eigenvalue weighted by Crippen LogP contribution is -2.27. The summed E-state index contributed by atoms with van der Waals surface area (Å²) in [6.45, 7) is 12.9. The molecule has 196 valence electrons. The van der Waals surface area contributed by atoms with Crippen LogP contribution < -0.4 is 4.90 Å². The average molecular weight is 502 g/mol. The van der Waals surface area contributed by atoms with Crippen molar-refractivity contribution in [1.82, 2.24) is 19.1 Å². The summed E-state index contributed by atoms with van der Waals surface area (Å²) in [5.74, 6) is -0.289. The molecule has 0 amide bonds. The first-order chi connectivity index (χ1) is 16.5. The lowest BCUT2D eigenvalue weighted by molar-refractivity contribution is 0.425. The molecule has 2 aliphatic rings. The number of nitrogens with zero attached hydrogens (tertiary/aromatic N) is 5. The summed E-state index contributed by atoms with van der Waals surface area (Å²) in [5.41, 5.74) is 0.492. The highest BCUT2D eigenvalue weighted by atomic mass is 32.2. The van der Waals surface area contributed by atoms with E-state index in [0.717, 1.165) is 25.3 Å². The summed E-state index contributed by atoms with van der Waals surface area (Å²) in [6.07, 6.45) is 9.08. The number of hydrogen-bond donors (Lipinski definition) is 0. The number of benzene rings is 1. The van der Waals surface area contributed by atoms with Gasteiger partial charge >= 0.3 is 0 Å². The molecule has 1 unspecified atom stereocenters. The van der Waals surface area contributed by atoms with E-state index >= 15 is 0 Å². The van der Waals surface area contributed by atoms with Crippen LogP contribution in [0.5, 0.6) is 0 Å². The van der Waals surface area contributed by atoms with Crippen molar-refractivity contribution in [2.24, 2.45) is 0 Å². The van der Waals surface area contributed by atoms with Gasteiger partial charge in [-0.2, -0.15) is 0 Å². The van der Waals surface area contributed by atoms with Gasteiger partial charge in [-0.25, -0.2) is 17.3 Å². The smallest absolute Gasteiger partial charge is 0.147 e. The van der Waals surface area contributed by atoms with E-state index in [2.05, 4.69) is 14.8 Å². The SMILES string of the molecule is CC.CC.CC.CN(C)c1cc(F)c(CN2CCCCCS2=O)cc1F.c1nncn1C1CC1. The van der Waals surface area contributed by atoms with Gasteiger partial charge in [0, 0.05) is 50.6 Å². The molecule has 1 aliphatic carbocycles. The molecule has 34 heavy (non-hydrogen) atoms. The molecule has 1 aromatic heterocycles. The van der Waals surface area contributed by atoms with Crippen molar-refractivity contribution in [2.45, 2.75) is 86.2 Å². The van der Waals surface area contributed by atoms with Gasteiger partial charge in [0.25, 0.3) is 0 Å². The van der Waals surface area contributed by atoms with Crippen LogP contribution in [0, 0.1) is 11.6 Å². The zero-order valence-electron chi connectivity index (χ0n) is 22.4. The Bertz CT molecular complexity index is 799. The summed E-state index contributed by atoms with van der Waals surface area (Å²) in [5, 5.41) is 7.39. The Morgan fingerprint density at radius 1 is 0.941 bits per heavy atom. The van der Waals surface area contributed by atoms with Crippen molar-refractivity contribution >= 4 is 16.7 Å². The quantitative estimate of drug-likeness (QED) is 0.488. The third-order valence-electron chi connectivity index (χ3n) is 4.86. The monoisotopic (exact) mass is 501 g/mol.